The maximum atomic E-state index is 11.9. The number of carbonyl (C=O) groups is 2. The van der Waals surface area contributed by atoms with E-state index in [4.69, 9.17) is 4.74 Å². The number of nitro groups is 1. The van der Waals surface area contributed by atoms with Gasteiger partial charge in [0.15, 0.2) is 12.4 Å². The average molecular weight is 404 g/mol. The maximum absolute atomic E-state index is 11.9. The van der Waals surface area contributed by atoms with E-state index in [0.29, 0.717) is 6.54 Å². The normalized spacial score (nSPS) is 10.2. The fraction of sp³-hybridized carbons (Fsp3) is 0.263. The molecule has 1 amide bonds. The van der Waals surface area contributed by atoms with E-state index in [1.54, 1.807) is 11.8 Å². The highest BCUT2D eigenvalue weighted by molar-refractivity contribution is 7.99. The van der Waals surface area contributed by atoms with Gasteiger partial charge in [0, 0.05) is 17.5 Å². The molecule has 0 bridgehead atoms. The van der Waals surface area contributed by atoms with Crippen molar-refractivity contribution in [1.29, 1.82) is 0 Å². The number of benzene rings is 2. The van der Waals surface area contributed by atoms with Gasteiger partial charge in [-0.15, -0.1) is 11.8 Å². The van der Waals surface area contributed by atoms with Gasteiger partial charge in [-0.25, -0.2) is 4.79 Å². The molecule has 9 heteroatoms. The smallest absolute Gasteiger partial charge is 0.338 e. The minimum atomic E-state index is -0.694. The summed E-state index contributed by atoms with van der Waals surface area (Å²) in [4.78, 5) is 35.0. The molecule has 0 atom stereocenters. The number of esters is 1. The number of nitrogens with zero attached hydrogens (tertiary/aromatic N) is 1. The first kappa shape index (κ1) is 21.2. The van der Waals surface area contributed by atoms with Gasteiger partial charge in [0.2, 0.25) is 0 Å². The summed E-state index contributed by atoms with van der Waals surface area (Å²) < 4.78 is 9.78. The lowest BCUT2D eigenvalue weighted by Crippen LogP contribution is -2.30. The van der Waals surface area contributed by atoms with Crippen LogP contribution in [0.5, 0.6) is 5.75 Å². The summed E-state index contributed by atoms with van der Waals surface area (Å²) in [6, 6.07) is 13.6. The van der Waals surface area contributed by atoms with Gasteiger partial charge >= 0.3 is 11.7 Å². The molecule has 0 fully saturated rings. The summed E-state index contributed by atoms with van der Waals surface area (Å²) >= 11 is 1.70. The van der Waals surface area contributed by atoms with Crippen molar-refractivity contribution in [3.8, 4) is 5.75 Å². The lowest BCUT2D eigenvalue weighted by Gasteiger charge is -2.09. The molecule has 0 unspecified atom stereocenters. The molecule has 0 saturated carbocycles. The second-order valence-corrected chi connectivity index (χ2v) is 6.75. The van der Waals surface area contributed by atoms with Crippen LogP contribution in [0, 0.1) is 10.1 Å². The zero-order valence-electron chi connectivity index (χ0n) is 15.3. The Hall–Kier alpha value is -3.07. The largest absolute Gasteiger partial charge is 0.477 e. The van der Waals surface area contributed by atoms with Crippen molar-refractivity contribution in [3.63, 3.8) is 0 Å². The average Bonchev–Trinajstić information content (AvgIpc) is 2.72. The second-order valence-electron chi connectivity index (χ2n) is 5.58. The monoisotopic (exact) mass is 404 g/mol. The van der Waals surface area contributed by atoms with E-state index in [2.05, 4.69) is 10.1 Å². The molecular formula is C19H20N2O6S. The van der Waals surface area contributed by atoms with Crippen LogP contribution in [-0.4, -0.2) is 42.8 Å². The van der Waals surface area contributed by atoms with Gasteiger partial charge in [-0.2, -0.15) is 0 Å². The van der Waals surface area contributed by atoms with Crippen LogP contribution >= 0.6 is 11.8 Å². The molecule has 8 nitrogen and oxygen atoms in total. The van der Waals surface area contributed by atoms with Crippen LogP contribution in [0.1, 0.15) is 16.8 Å². The van der Waals surface area contributed by atoms with Gasteiger partial charge in [-0.05, 0) is 36.4 Å². The van der Waals surface area contributed by atoms with Crippen molar-refractivity contribution < 1.29 is 24.0 Å². The molecule has 2 aromatic rings. The predicted molar refractivity (Wildman–Crippen MR) is 105 cm³/mol. The molecule has 0 radical (unpaired) electrons. The lowest BCUT2D eigenvalue weighted by atomic mass is 10.2. The van der Waals surface area contributed by atoms with E-state index in [1.165, 1.54) is 24.1 Å². The number of rotatable bonds is 10. The first-order valence-electron chi connectivity index (χ1n) is 8.45. The molecule has 2 rings (SSSR count). The van der Waals surface area contributed by atoms with E-state index in [0.717, 1.165) is 18.2 Å². The second kappa shape index (κ2) is 10.9. The molecule has 1 N–H and O–H groups in total. The summed E-state index contributed by atoms with van der Waals surface area (Å²) in [7, 11) is 1.18. The van der Waals surface area contributed by atoms with Crippen molar-refractivity contribution in [2.75, 3.05) is 26.0 Å². The molecule has 28 heavy (non-hydrogen) atoms. The number of nitro benzene ring substituents is 1. The van der Waals surface area contributed by atoms with Gasteiger partial charge in [0.1, 0.15) is 0 Å². The molecule has 2 aromatic carbocycles. The van der Waals surface area contributed by atoms with Crippen LogP contribution in [0.4, 0.5) is 5.69 Å². The SMILES string of the molecule is COC(=O)c1ccc(OCC(=O)NCCCSc2ccccc2)c([N+](=O)[O-])c1. The number of ether oxygens (including phenoxy) is 2. The molecule has 148 valence electrons. The molecule has 0 aliphatic rings. The highest BCUT2D eigenvalue weighted by atomic mass is 32.2. The Kier molecular flexibility index (Phi) is 8.29. The number of hydrogen-bond donors (Lipinski definition) is 1. The molecule has 0 aliphatic heterocycles. The van der Waals surface area contributed by atoms with Gasteiger partial charge in [0.25, 0.3) is 5.91 Å². The third kappa shape index (κ3) is 6.58. The number of nitrogens with one attached hydrogen (secondary N) is 1. The van der Waals surface area contributed by atoms with Crippen molar-refractivity contribution >= 4 is 29.3 Å². The molecule has 0 aliphatic carbocycles. The highest BCUT2D eigenvalue weighted by Crippen LogP contribution is 2.28. The number of carbonyl (C=O) groups excluding carboxylic acids is 2. The Morgan fingerprint density at radius 3 is 2.61 bits per heavy atom. The number of thioether (sulfide) groups is 1. The molecule has 0 aromatic heterocycles. The van der Waals surface area contributed by atoms with Crippen LogP contribution in [0.3, 0.4) is 0 Å². The summed E-state index contributed by atoms with van der Waals surface area (Å²) in [6.45, 7) is 0.121. The third-order valence-corrected chi connectivity index (χ3v) is 4.69. The van der Waals surface area contributed by atoms with Gasteiger partial charge in [-0.1, -0.05) is 18.2 Å². The summed E-state index contributed by atoms with van der Waals surface area (Å²) in [5.74, 6) is -0.310. The Bertz CT molecular complexity index is 828. The fourth-order valence-electron chi connectivity index (χ4n) is 2.23. The molecule has 0 spiro atoms. The van der Waals surface area contributed by atoms with Crippen LogP contribution in [-0.2, 0) is 9.53 Å². The van der Waals surface area contributed by atoms with Gasteiger partial charge in [0.05, 0.1) is 17.6 Å². The summed E-state index contributed by atoms with van der Waals surface area (Å²) in [5.41, 5.74) is -0.378. The quantitative estimate of drug-likeness (QED) is 0.213. The summed E-state index contributed by atoms with van der Waals surface area (Å²) in [5, 5.41) is 13.9. The Morgan fingerprint density at radius 2 is 1.93 bits per heavy atom. The third-order valence-electron chi connectivity index (χ3n) is 3.59. The van der Waals surface area contributed by atoms with Crippen molar-refractivity contribution in [3.05, 3.63) is 64.2 Å². The van der Waals surface area contributed by atoms with Gasteiger partial charge in [-0.3, -0.25) is 14.9 Å². The lowest BCUT2D eigenvalue weighted by molar-refractivity contribution is -0.385. The number of methoxy groups -OCH3 is 1. The van der Waals surface area contributed by atoms with E-state index in [-0.39, 0.29) is 23.8 Å². The van der Waals surface area contributed by atoms with Crippen molar-refractivity contribution in [2.45, 2.75) is 11.3 Å². The minimum Gasteiger partial charge on any atom is -0.477 e. The molecule has 0 saturated heterocycles. The fourth-order valence-corrected chi connectivity index (χ4v) is 3.10. The Morgan fingerprint density at radius 1 is 1.18 bits per heavy atom. The van der Waals surface area contributed by atoms with E-state index in [9.17, 15) is 19.7 Å². The van der Waals surface area contributed by atoms with Crippen molar-refractivity contribution in [2.24, 2.45) is 0 Å². The zero-order chi connectivity index (χ0) is 20.4. The predicted octanol–water partition coefficient (Wildman–Crippen LogP) is 3.06. The first-order chi connectivity index (χ1) is 13.5. The van der Waals surface area contributed by atoms with E-state index in [1.807, 2.05) is 30.3 Å². The summed E-state index contributed by atoms with van der Waals surface area (Å²) in [6.07, 6.45) is 0.777. The van der Waals surface area contributed by atoms with Gasteiger partial charge < -0.3 is 14.8 Å². The zero-order valence-corrected chi connectivity index (χ0v) is 16.1. The minimum absolute atomic E-state index is 0.0296. The molecular weight excluding hydrogens is 384 g/mol. The Balaban J connectivity index is 1.77. The molecule has 0 heterocycles. The maximum Gasteiger partial charge on any atom is 0.338 e. The number of amides is 1. The highest BCUT2D eigenvalue weighted by Gasteiger charge is 2.19. The van der Waals surface area contributed by atoms with Crippen LogP contribution in [0.25, 0.3) is 0 Å². The van der Waals surface area contributed by atoms with Crippen LogP contribution < -0.4 is 10.1 Å². The van der Waals surface area contributed by atoms with E-state index >= 15 is 0 Å². The number of hydrogen-bond acceptors (Lipinski definition) is 7. The Labute approximate surface area is 166 Å². The van der Waals surface area contributed by atoms with Crippen LogP contribution in [0.15, 0.2) is 53.4 Å². The van der Waals surface area contributed by atoms with Crippen molar-refractivity contribution in [1.82, 2.24) is 5.32 Å². The first-order valence-corrected chi connectivity index (χ1v) is 9.44. The standard InChI is InChI=1S/C19H20N2O6S/c1-26-19(23)14-8-9-17(16(12-14)21(24)25)27-13-18(22)20-10-5-11-28-15-6-3-2-4-7-15/h2-4,6-9,12H,5,10-11,13H2,1H3,(H,20,22). The van der Waals surface area contributed by atoms with Crippen LogP contribution in [0.2, 0.25) is 0 Å². The van der Waals surface area contributed by atoms with E-state index < -0.39 is 16.6 Å². The topological polar surface area (TPSA) is 108 Å².